The summed E-state index contributed by atoms with van der Waals surface area (Å²) in [6.07, 6.45) is 4.03. The molecule has 4 rings (SSSR count). The number of esters is 2. The second-order valence-corrected chi connectivity index (χ2v) is 9.40. The van der Waals surface area contributed by atoms with Crippen molar-refractivity contribution in [2.75, 3.05) is 34.4 Å². The molecule has 2 aromatic heterocycles. The van der Waals surface area contributed by atoms with Crippen LogP contribution in [0.4, 0.5) is 0 Å². The number of carbonyl (C=O) groups excluding carboxylic acids is 3. The molecule has 0 saturated carbocycles. The highest BCUT2D eigenvalue weighted by Crippen LogP contribution is 2.60. The van der Waals surface area contributed by atoms with Gasteiger partial charge in [-0.25, -0.2) is 0 Å². The summed E-state index contributed by atoms with van der Waals surface area (Å²) in [6, 6.07) is 9.19. The maximum absolute atomic E-state index is 14.7. The maximum Gasteiger partial charge on any atom is 0.322 e. The highest BCUT2D eigenvalue weighted by Gasteiger charge is 2.75. The summed E-state index contributed by atoms with van der Waals surface area (Å²) in [5.41, 5.74) is -2.31. The molecular formula is C26H32N4O5. The van der Waals surface area contributed by atoms with Crippen LogP contribution in [0.3, 0.4) is 0 Å². The molecule has 35 heavy (non-hydrogen) atoms. The lowest BCUT2D eigenvalue weighted by atomic mass is 9.54. The molecule has 0 radical (unpaired) electrons. The topological polar surface area (TPSA) is 102 Å². The Hall–Kier alpha value is -3.17. The summed E-state index contributed by atoms with van der Waals surface area (Å²) in [4.78, 5) is 55.1. The van der Waals surface area contributed by atoms with Crippen LogP contribution >= 0.6 is 0 Å². The molecule has 9 nitrogen and oxygen atoms in total. The van der Waals surface area contributed by atoms with E-state index >= 15 is 0 Å². The molecule has 2 aliphatic heterocycles. The molecule has 5 atom stereocenters. The van der Waals surface area contributed by atoms with Crippen molar-refractivity contribution >= 4 is 17.7 Å². The smallest absolute Gasteiger partial charge is 0.322 e. The Morgan fingerprint density at radius 2 is 1.43 bits per heavy atom. The number of ether oxygens (including phenoxy) is 2. The lowest BCUT2D eigenvalue weighted by Gasteiger charge is -2.61. The fraction of sp³-hybridized carbons (Fsp3) is 0.500. The molecule has 186 valence electrons. The fourth-order valence-corrected chi connectivity index (χ4v) is 5.97. The molecule has 2 saturated heterocycles. The van der Waals surface area contributed by atoms with E-state index in [9.17, 15) is 14.4 Å². The highest BCUT2D eigenvalue weighted by atomic mass is 16.5. The highest BCUT2D eigenvalue weighted by molar-refractivity contribution is 6.17. The van der Waals surface area contributed by atoms with Gasteiger partial charge in [-0.05, 0) is 44.7 Å². The summed E-state index contributed by atoms with van der Waals surface area (Å²) in [7, 11) is 4.35. The molecule has 2 aromatic rings. The molecule has 0 aliphatic carbocycles. The largest absolute Gasteiger partial charge is 0.468 e. The second kappa shape index (κ2) is 9.47. The Morgan fingerprint density at radius 3 is 1.77 bits per heavy atom. The first-order valence-corrected chi connectivity index (χ1v) is 11.8. The second-order valence-electron chi connectivity index (χ2n) is 9.40. The van der Waals surface area contributed by atoms with Crippen molar-refractivity contribution in [2.24, 2.45) is 10.8 Å². The Morgan fingerprint density at radius 1 is 0.971 bits per heavy atom. The minimum absolute atomic E-state index is 0.00617. The average Bonchev–Trinajstić information content (AvgIpc) is 2.89. The summed E-state index contributed by atoms with van der Waals surface area (Å²) in [5.74, 6) is -1.89. The molecule has 9 heteroatoms. The van der Waals surface area contributed by atoms with Gasteiger partial charge in [-0.15, -0.1) is 0 Å². The molecule has 0 N–H and O–H groups in total. The van der Waals surface area contributed by atoms with E-state index in [1.165, 1.54) is 14.2 Å². The zero-order valence-corrected chi connectivity index (χ0v) is 20.8. The van der Waals surface area contributed by atoms with Crippen LogP contribution in [0.1, 0.15) is 43.7 Å². The molecule has 1 unspecified atom stereocenters. The van der Waals surface area contributed by atoms with Gasteiger partial charge in [0.2, 0.25) is 0 Å². The van der Waals surface area contributed by atoms with Gasteiger partial charge in [0.25, 0.3) is 0 Å². The summed E-state index contributed by atoms with van der Waals surface area (Å²) in [5, 5.41) is 0. The van der Waals surface area contributed by atoms with Crippen molar-refractivity contribution in [3.63, 3.8) is 0 Å². The standard InChI is InChI=1S/C26H32N4O5/c1-6-17(2)30-15-25(23(32)34-4)20(18-11-7-9-13-27-18)29(3)21(19-12-8-10-14-28-19)26(16-30,22(25)31)24(33)35-5/h7-14,17,20-21H,6,15-16H2,1-5H3/t17?,20-,21+,25-,26+. The third-order valence-corrected chi connectivity index (χ3v) is 7.71. The van der Waals surface area contributed by atoms with Gasteiger partial charge >= 0.3 is 11.9 Å². The Kier molecular flexibility index (Phi) is 6.75. The van der Waals surface area contributed by atoms with E-state index in [4.69, 9.17) is 9.47 Å². The number of fused-ring (bicyclic) bond motifs is 2. The molecule has 0 amide bonds. The fourth-order valence-electron chi connectivity index (χ4n) is 5.97. The summed E-state index contributed by atoms with van der Waals surface area (Å²) in [6.45, 7) is 4.27. The minimum atomic E-state index is -1.70. The third-order valence-electron chi connectivity index (χ3n) is 7.71. The average molecular weight is 481 g/mol. The van der Waals surface area contributed by atoms with Crippen LogP contribution in [0.2, 0.25) is 0 Å². The van der Waals surface area contributed by atoms with Crippen molar-refractivity contribution in [1.82, 2.24) is 19.8 Å². The number of likely N-dealkylation sites (tertiary alicyclic amines) is 2. The van der Waals surface area contributed by atoms with Gasteiger partial charge in [-0.2, -0.15) is 0 Å². The number of aromatic nitrogens is 2. The lowest BCUT2D eigenvalue weighted by molar-refractivity contribution is -0.205. The number of pyridine rings is 2. The van der Waals surface area contributed by atoms with Crippen LogP contribution in [0.5, 0.6) is 0 Å². The number of nitrogens with zero attached hydrogens (tertiary/aromatic N) is 4. The van der Waals surface area contributed by atoms with Crippen LogP contribution in [-0.4, -0.2) is 77.9 Å². The number of hydrogen-bond acceptors (Lipinski definition) is 9. The molecule has 0 spiro atoms. The van der Waals surface area contributed by atoms with Crippen molar-refractivity contribution in [3.8, 4) is 0 Å². The van der Waals surface area contributed by atoms with E-state index in [0.717, 1.165) is 6.42 Å². The zero-order valence-electron chi connectivity index (χ0n) is 20.8. The van der Waals surface area contributed by atoms with E-state index in [2.05, 4.69) is 9.97 Å². The number of ketones is 1. The first kappa shape index (κ1) is 24.9. The Bertz CT molecular complexity index is 1020. The quantitative estimate of drug-likeness (QED) is 0.455. The van der Waals surface area contributed by atoms with Gasteiger partial charge in [-0.3, -0.25) is 34.2 Å². The van der Waals surface area contributed by atoms with Gasteiger partial charge in [0.1, 0.15) is 0 Å². The SMILES string of the molecule is CCC(C)N1C[C@@]2(C(=O)OC)C(=O)[C@@](C(=O)OC)(C1)[C@@H](c1ccccn1)N(C)[C@H]2c1ccccn1. The first-order valence-electron chi connectivity index (χ1n) is 11.8. The van der Waals surface area contributed by atoms with E-state index in [1.54, 1.807) is 43.7 Å². The normalized spacial score (nSPS) is 29.9. The van der Waals surface area contributed by atoms with Crippen LogP contribution < -0.4 is 0 Å². The Labute approximate surface area is 205 Å². The number of piperidine rings is 2. The number of rotatable bonds is 6. The van der Waals surface area contributed by atoms with Crippen molar-refractivity contribution < 1.29 is 23.9 Å². The van der Waals surface area contributed by atoms with Gasteiger partial charge in [0.05, 0.1) is 37.7 Å². The molecular weight excluding hydrogens is 448 g/mol. The van der Waals surface area contributed by atoms with Gasteiger partial charge in [-0.1, -0.05) is 19.1 Å². The van der Waals surface area contributed by atoms with Crippen molar-refractivity contribution in [1.29, 1.82) is 0 Å². The minimum Gasteiger partial charge on any atom is -0.468 e. The third kappa shape index (κ3) is 3.56. The molecule has 2 aliphatic rings. The van der Waals surface area contributed by atoms with Crippen LogP contribution in [0.15, 0.2) is 48.8 Å². The Balaban J connectivity index is 2.09. The van der Waals surface area contributed by atoms with Crippen LogP contribution in [-0.2, 0) is 23.9 Å². The lowest BCUT2D eigenvalue weighted by Crippen LogP contribution is -2.76. The molecule has 2 bridgehead atoms. The molecule has 4 heterocycles. The predicted molar refractivity (Wildman–Crippen MR) is 127 cm³/mol. The summed E-state index contributed by atoms with van der Waals surface area (Å²) >= 11 is 0. The van der Waals surface area contributed by atoms with Crippen molar-refractivity contribution in [2.45, 2.75) is 38.4 Å². The monoisotopic (exact) mass is 480 g/mol. The zero-order chi connectivity index (χ0) is 25.4. The molecule has 2 fully saturated rings. The van der Waals surface area contributed by atoms with Gasteiger partial charge in [0.15, 0.2) is 16.6 Å². The van der Waals surface area contributed by atoms with E-state index in [-0.39, 0.29) is 19.1 Å². The van der Waals surface area contributed by atoms with Crippen LogP contribution in [0, 0.1) is 10.8 Å². The van der Waals surface area contributed by atoms with Crippen molar-refractivity contribution in [3.05, 3.63) is 60.2 Å². The van der Waals surface area contributed by atoms with E-state index in [0.29, 0.717) is 11.4 Å². The first-order chi connectivity index (χ1) is 16.8. The number of Topliss-reactive ketones (excluding diaryl/α,β-unsaturated/α-hetero) is 1. The summed E-state index contributed by atoms with van der Waals surface area (Å²) < 4.78 is 10.6. The maximum atomic E-state index is 14.7. The van der Waals surface area contributed by atoms with E-state index < -0.39 is 40.6 Å². The number of carbonyl (C=O) groups is 3. The number of hydrogen-bond donors (Lipinski definition) is 0. The van der Waals surface area contributed by atoms with E-state index in [1.807, 2.05) is 35.8 Å². The van der Waals surface area contributed by atoms with Gasteiger partial charge < -0.3 is 9.47 Å². The number of methoxy groups -OCH3 is 2. The van der Waals surface area contributed by atoms with Gasteiger partial charge in [0, 0.05) is 31.5 Å². The predicted octanol–water partition coefficient (Wildman–Crippen LogP) is 2.21. The molecule has 0 aromatic carbocycles. The van der Waals surface area contributed by atoms with Crippen LogP contribution in [0.25, 0.3) is 0 Å².